The van der Waals surface area contributed by atoms with Crippen molar-refractivity contribution in [3.63, 3.8) is 0 Å². The summed E-state index contributed by atoms with van der Waals surface area (Å²) in [6.07, 6.45) is 2.24. The van der Waals surface area contributed by atoms with Gasteiger partial charge in [-0.3, -0.25) is 0 Å². The van der Waals surface area contributed by atoms with Crippen LogP contribution >= 0.6 is 34.9 Å². The van der Waals surface area contributed by atoms with Gasteiger partial charge < -0.3 is 0 Å². The summed E-state index contributed by atoms with van der Waals surface area (Å²) in [4.78, 5) is 0. The second-order valence-electron chi connectivity index (χ2n) is 10.6. The van der Waals surface area contributed by atoms with Crippen LogP contribution in [0.4, 0.5) is 0 Å². The van der Waals surface area contributed by atoms with Gasteiger partial charge in [-0.1, -0.05) is 0 Å². The Morgan fingerprint density at radius 1 is 0.302 bits per heavy atom. The quantitative estimate of drug-likeness (QED) is 0.108. The van der Waals surface area contributed by atoms with Gasteiger partial charge in [-0.2, -0.15) is 0 Å². The molecule has 0 atom stereocenters. The van der Waals surface area contributed by atoms with Gasteiger partial charge in [0.05, 0.1) is 0 Å². The molecular formula is C38H36Cl2NiP2. The monoisotopic (exact) mass is 682 g/mol. The van der Waals surface area contributed by atoms with E-state index in [9.17, 15) is 0 Å². The van der Waals surface area contributed by atoms with Gasteiger partial charge in [0.25, 0.3) is 0 Å². The topological polar surface area (TPSA) is 0 Å². The second-order valence-corrected chi connectivity index (χ2v) is 20.3. The van der Waals surface area contributed by atoms with Crippen molar-refractivity contribution in [2.45, 2.75) is 0 Å². The molecule has 6 rings (SSSR count). The molecule has 222 valence electrons. The van der Waals surface area contributed by atoms with Gasteiger partial charge in [-0.25, -0.2) is 0 Å². The van der Waals surface area contributed by atoms with E-state index in [-0.39, 0.29) is 0 Å². The molecule has 0 aliphatic carbocycles. The molecule has 0 nitrogen and oxygen atoms in total. The Balaban J connectivity index is 0.00000118. The Kier molecular flexibility index (Phi) is 11.7. The minimum atomic E-state index is -2.40. The Morgan fingerprint density at radius 3 is 0.581 bits per heavy atom. The van der Waals surface area contributed by atoms with Gasteiger partial charge in [-0.05, 0) is 0 Å². The Morgan fingerprint density at radius 2 is 0.442 bits per heavy atom. The Labute approximate surface area is 272 Å². The molecule has 5 heteroatoms. The van der Waals surface area contributed by atoms with Gasteiger partial charge in [0.2, 0.25) is 0 Å². The average molecular weight is 684 g/mol. The molecule has 43 heavy (non-hydrogen) atoms. The van der Waals surface area contributed by atoms with Crippen LogP contribution in [0, 0.1) is 0 Å². The van der Waals surface area contributed by atoms with Crippen LogP contribution in [0.3, 0.4) is 0 Å². The summed E-state index contributed by atoms with van der Waals surface area (Å²) in [5.74, 6) is 0. The fourth-order valence-electron chi connectivity index (χ4n) is 6.58. The molecule has 0 amide bonds. The fraction of sp³-hybridized carbons (Fsp3) is 0.0526. The standard InChI is InChI=1S/C38H36P2.2ClH.Ni/c1-7-19-33(20-8-1)39(34-21-9-2-10-22-34,35-23-11-3-12-24-35)31-32-40(36-25-13-4-14-26-36,37-27-15-5-16-28-37)38-29-17-6-18-30-38;;;/h1-30,39-40H,31-32H2;2*1H;/q;;;+2/p-2. The van der Waals surface area contributed by atoms with Crippen molar-refractivity contribution in [2.75, 3.05) is 12.3 Å². The molecule has 6 aromatic carbocycles. The van der Waals surface area contributed by atoms with Crippen LogP contribution in [0.1, 0.15) is 0 Å². The number of halogens is 2. The molecule has 0 saturated heterocycles. The van der Waals surface area contributed by atoms with Gasteiger partial charge in [0.15, 0.2) is 0 Å². The zero-order valence-electron chi connectivity index (χ0n) is 23.8. The van der Waals surface area contributed by atoms with E-state index >= 15 is 0 Å². The second kappa shape index (κ2) is 15.8. The third-order valence-corrected chi connectivity index (χ3v) is 18.9. The average Bonchev–Trinajstić information content (AvgIpc) is 3.10. The van der Waals surface area contributed by atoms with Crippen molar-refractivity contribution < 1.29 is 12.7 Å². The first-order valence-corrected chi connectivity index (χ1v) is 21.5. The molecule has 0 fully saturated rings. The summed E-state index contributed by atoms with van der Waals surface area (Å²) in [6.45, 7) is 0. The van der Waals surface area contributed by atoms with Crippen molar-refractivity contribution in [2.24, 2.45) is 0 Å². The molecule has 0 unspecified atom stereocenters. The zero-order valence-corrected chi connectivity index (χ0v) is 28.3. The molecule has 0 N–H and O–H groups in total. The summed E-state index contributed by atoms with van der Waals surface area (Å²) >= 11 is 0.569. The number of benzene rings is 6. The van der Waals surface area contributed by atoms with Crippen molar-refractivity contribution >= 4 is 66.7 Å². The van der Waals surface area contributed by atoms with Crippen LogP contribution in [0.15, 0.2) is 182 Å². The summed E-state index contributed by atoms with van der Waals surface area (Å²) in [5.41, 5.74) is 0. The Bertz CT molecular complexity index is 1320. The van der Waals surface area contributed by atoms with Crippen molar-refractivity contribution in [3.05, 3.63) is 182 Å². The third-order valence-electron chi connectivity index (χ3n) is 8.47. The summed E-state index contributed by atoms with van der Waals surface area (Å²) < 4.78 is 0. The van der Waals surface area contributed by atoms with Crippen molar-refractivity contribution in [1.82, 2.24) is 0 Å². The Hall–Kier alpha value is -2.75. The van der Waals surface area contributed by atoms with Crippen molar-refractivity contribution in [1.29, 1.82) is 0 Å². The van der Waals surface area contributed by atoms with Gasteiger partial charge in [-0.15, -0.1) is 0 Å². The SMILES string of the molecule is [Cl][Ni][Cl].c1ccc([PH](CC[PH](c2ccccc2)(c2ccccc2)c2ccccc2)(c2ccccc2)c2ccccc2)cc1. The maximum absolute atomic E-state index is 4.70. The van der Waals surface area contributed by atoms with Gasteiger partial charge in [0.1, 0.15) is 0 Å². The number of hydrogen-bond donors (Lipinski definition) is 0. The summed E-state index contributed by atoms with van der Waals surface area (Å²) in [5, 5.41) is 8.86. The van der Waals surface area contributed by atoms with Crippen LogP contribution in [0.2, 0.25) is 0 Å². The summed E-state index contributed by atoms with van der Waals surface area (Å²) in [6, 6.07) is 68.1. The first-order chi connectivity index (χ1) is 21.3. The maximum atomic E-state index is 4.70. The van der Waals surface area contributed by atoms with E-state index in [1.807, 2.05) is 0 Å². The van der Waals surface area contributed by atoms with E-state index in [1.165, 1.54) is 31.8 Å². The molecule has 0 radical (unpaired) electrons. The van der Waals surface area contributed by atoms with Gasteiger partial charge in [0, 0.05) is 0 Å². The molecule has 0 saturated carbocycles. The zero-order chi connectivity index (χ0) is 29.8. The normalized spacial score (nSPS) is 12.1. The molecule has 0 aliphatic rings. The van der Waals surface area contributed by atoms with Crippen LogP contribution in [0.5, 0.6) is 0 Å². The number of rotatable bonds is 9. The van der Waals surface area contributed by atoms with E-state index in [0.29, 0.717) is 12.7 Å². The van der Waals surface area contributed by atoms with E-state index in [0.717, 1.165) is 12.3 Å². The van der Waals surface area contributed by atoms with Crippen LogP contribution < -0.4 is 31.8 Å². The van der Waals surface area contributed by atoms with E-state index < -0.39 is 14.5 Å². The van der Waals surface area contributed by atoms with Gasteiger partial charge >= 0.3 is 274 Å². The first-order valence-electron chi connectivity index (χ1n) is 14.4. The predicted molar refractivity (Wildman–Crippen MR) is 195 cm³/mol. The van der Waals surface area contributed by atoms with Crippen LogP contribution in [0.25, 0.3) is 0 Å². The molecule has 6 aromatic rings. The molecular weight excluding hydrogens is 648 g/mol. The fourth-order valence-corrected chi connectivity index (χ4v) is 17.9. The van der Waals surface area contributed by atoms with Crippen LogP contribution in [-0.4, -0.2) is 12.3 Å². The predicted octanol–water partition coefficient (Wildman–Crippen LogP) is 7.82. The van der Waals surface area contributed by atoms with Crippen molar-refractivity contribution in [3.8, 4) is 0 Å². The van der Waals surface area contributed by atoms with E-state index in [1.54, 1.807) is 0 Å². The van der Waals surface area contributed by atoms with E-state index in [2.05, 4.69) is 182 Å². The first kappa shape index (κ1) is 31.7. The molecule has 0 spiro atoms. The van der Waals surface area contributed by atoms with Crippen LogP contribution in [-0.2, 0) is 12.7 Å². The summed E-state index contributed by atoms with van der Waals surface area (Å²) in [7, 11) is 4.61. The minimum absolute atomic E-state index is 0.569. The molecule has 0 heterocycles. The molecule has 0 aromatic heterocycles. The molecule has 0 bridgehead atoms. The van der Waals surface area contributed by atoms with E-state index in [4.69, 9.17) is 20.4 Å². The third kappa shape index (κ3) is 6.99. The number of hydrogen-bond acceptors (Lipinski definition) is 0. The molecule has 0 aliphatic heterocycles.